The molecule has 1 aliphatic heterocycles. The van der Waals surface area contributed by atoms with Crippen molar-refractivity contribution in [2.45, 2.75) is 26.8 Å². The highest BCUT2D eigenvalue weighted by atomic mass is 127. The van der Waals surface area contributed by atoms with E-state index in [4.69, 9.17) is 23.7 Å². The number of ether oxygens (including phenoxy) is 5. The van der Waals surface area contributed by atoms with Crippen molar-refractivity contribution in [3.05, 3.63) is 60.8 Å². The number of carbonyl (C=O) groups excluding carboxylic acids is 4. The van der Waals surface area contributed by atoms with E-state index >= 15 is 0 Å². The number of carbonyl (C=O) groups is 4. The molecule has 0 aromatic heterocycles. The predicted octanol–water partition coefficient (Wildman–Crippen LogP) is 3.72. The summed E-state index contributed by atoms with van der Waals surface area (Å²) in [7, 11) is 1.43. The van der Waals surface area contributed by atoms with E-state index in [9.17, 15) is 19.2 Å². The highest BCUT2D eigenvalue weighted by Crippen LogP contribution is 2.35. The monoisotopic (exact) mass is 772 g/mol. The van der Waals surface area contributed by atoms with Crippen LogP contribution in [0.4, 0.5) is 4.79 Å². The van der Waals surface area contributed by atoms with Gasteiger partial charge in [-0.25, -0.2) is 19.8 Å². The molecular weight excluding hydrogens is 743 g/mol. The Morgan fingerprint density at radius 2 is 1.81 bits per heavy atom. The van der Waals surface area contributed by atoms with Crippen molar-refractivity contribution in [2.75, 3.05) is 33.5 Å². The molecule has 43 heavy (non-hydrogen) atoms. The normalized spacial score (nSPS) is 14.5. The first-order valence-electron chi connectivity index (χ1n) is 12.9. The molecule has 1 heterocycles. The van der Waals surface area contributed by atoms with Crippen LogP contribution >= 0.6 is 38.5 Å². The smallest absolute Gasteiger partial charge is 0.344 e. The Hall–Kier alpha value is -3.86. The van der Waals surface area contributed by atoms with Crippen LogP contribution in [-0.4, -0.2) is 63.6 Å². The maximum Gasteiger partial charge on any atom is 0.344 e. The third-order valence-electron chi connectivity index (χ3n) is 5.71. The molecule has 1 aliphatic rings. The summed E-state index contributed by atoms with van der Waals surface area (Å²) in [6.45, 7) is 4.87. The van der Waals surface area contributed by atoms with Crippen molar-refractivity contribution in [1.29, 1.82) is 0 Å². The molecule has 0 radical (unpaired) electrons. The molecule has 0 saturated heterocycles. The molecule has 3 N–H and O–H groups in total. The zero-order chi connectivity index (χ0) is 31.5. The number of urea groups is 1. The van der Waals surface area contributed by atoms with Crippen LogP contribution in [0.25, 0.3) is 0 Å². The summed E-state index contributed by atoms with van der Waals surface area (Å²) in [6, 6.07) is 7.06. The van der Waals surface area contributed by atoms with Gasteiger partial charge in [-0.3, -0.25) is 4.79 Å². The Kier molecular flexibility index (Phi) is 12.6. The van der Waals surface area contributed by atoms with Crippen LogP contribution in [0.15, 0.2) is 51.2 Å². The molecule has 3 amide bonds. The molecule has 2 aromatic carbocycles. The van der Waals surface area contributed by atoms with Gasteiger partial charge in [0.05, 0.1) is 46.2 Å². The van der Waals surface area contributed by atoms with E-state index in [-0.39, 0.29) is 43.5 Å². The molecule has 0 aliphatic carbocycles. The minimum atomic E-state index is -0.783. The van der Waals surface area contributed by atoms with Crippen LogP contribution in [0.3, 0.4) is 0 Å². The van der Waals surface area contributed by atoms with Gasteiger partial charge < -0.3 is 34.3 Å². The molecule has 0 fully saturated rings. The number of amides is 3. The molecule has 1 atom stereocenters. The maximum absolute atomic E-state index is 12.6. The fourth-order valence-corrected chi connectivity index (χ4v) is 5.66. The van der Waals surface area contributed by atoms with Gasteiger partial charge in [0.1, 0.15) is 5.75 Å². The van der Waals surface area contributed by atoms with Gasteiger partial charge in [-0.2, -0.15) is 5.10 Å². The largest absolute Gasteiger partial charge is 0.493 e. The molecule has 0 saturated carbocycles. The number of rotatable bonds is 13. The summed E-state index contributed by atoms with van der Waals surface area (Å²) in [5, 5.41) is 9.27. The minimum Gasteiger partial charge on any atom is -0.493 e. The lowest BCUT2D eigenvalue weighted by molar-refractivity contribution is -0.145. The zero-order valence-electron chi connectivity index (χ0n) is 23.7. The molecule has 0 spiro atoms. The van der Waals surface area contributed by atoms with Crippen LogP contribution in [0.2, 0.25) is 0 Å². The summed E-state index contributed by atoms with van der Waals surface area (Å²) >= 11 is 5.47. The number of halogens is 2. The quantitative estimate of drug-likeness (QED) is 0.119. The van der Waals surface area contributed by atoms with Gasteiger partial charge in [0.15, 0.2) is 24.7 Å². The van der Waals surface area contributed by atoms with Crippen molar-refractivity contribution in [3.8, 4) is 17.2 Å². The van der Waals surface area contributed by atoms with E-state index in [1.165, 1.54) is 13.3 Å². The highest BCUT2D eigenvalue weighted by Gasteiger charge is 2.32. The number of nitrogens with one attached hydrogen (secondary N) is 3. The van der Waals surface area contributed by atoms with Crippen LogP contribution in [0, 0.1) is 3.57 Å². The van der Waals surface area contributed by atoms with Gasteiger partial charge in [-0.15, -0.1) is 0 Å². The van der Waals surface area contributed by atoms with Gasteiger partial charge in [0, 0.05) is 5.70 Å². The average molecular weight is 773 g/mol. The number of esters is 2. The number of hydrogen-bond donors (Lipinski definition) is 3. The first-order valence-corrected chi connectivity index (χ1v) is 14.8. The van der Waals surface area contributed by atoms with E-state index in [0.717, 1.165) is 0 Å². The summed E-state index contributed by atoms with van der Waals surface area (Å²) in [4.78, 5) is 48.7. The van der Waals surface area contributed by atoms with E-state index in [1.807, 2.05) is 0 Å². The summed E-state index contributed by atoms with van der Waals surface area (Å²) in [5.41, 5.74) is 4.24. The lowest BCUT2D eigenvalue weighted by Crippen LogP contribution is -2.45. The summed E-state index contributed by atoms with van der Waals surface area (Å²) in [6.07, 6.45) is 1.44. The third-order valence-corrected chi connectivity index (χ3v) is 7.10. The topological polar surface area (TPSA) is 163 Å². The number of methoxy groups -OCH3 is 1. The average Bonchev–Trinajstić information content (AvgIpc) is 2.95. The van der Waals surface area contributed by atoms with Gasteiger partial charge in [0.25, 0.3) is 5.91 Å². The summed E-state index contributed by atoms with van der Waals surface area (Å²) < 4.78 is 27.9. The van der Waals surface area contributed by atoms with Crippen LogP contribution in [0.1, 0.15) is 37.9 Å². The number of nitrogens with zero attached hydrogens (tertiary/aromatic N) is 1. The van der Waals surface area contributed by atoms with Crippen LogP contribution < -0.4 is 30.3 Å². The second-order valence-corrected chi connectivity index (χ2v) is 10.7. The number of benzene rings is 2. The Labute approximate surface area is 269 Å². The maximum atomic E-state index is 12.6. The van der Waals surface area contributed by atoms with E-state index in [2.05, 4.69) is 59.7 Å². The Bertz CT molecular complexity index is 1420. The fraction of sp³-hybridized carbons (Fsp3) is 0.321. The predicted molar refractivity (Wildman–Crippen MR) is 167 cm³/mol. The van der Waals surface area contributed by atoms with E-state index < -0.39 is 29.9 Å². The second kappa shape index (κ2) is 16.1. The van der Waals surface area contributed by atoms with Crippen molar-refractivity contribution >= 4 is 68.6 Å². The first kappa shape index (κ1) is 33.6. The number of allylic oxidation sites excluding steroid dienone is 1. The second-order valence-electron chi connectivity index (χ2n) is 8.69. The number of hydrazone groups is 1. The Balaban J connectivity index is 1.62. The molecular formula is C28H30BrIN4O9. The van der Waals surface area contributed by atoms with Crippen LogP contribution in [-0.2, 0) is 23.9 Å². The van der Waals surface area contributed by atoms with Gasteiger partial charge >= 0.3 is 18.0 Å². The minimum absolute atomic E-state index is 0.176. The standard InChI is InChI=1S/C28H30BrIN4O9/c1-5-40-23(36)14-43-26-18(29)9-16(10-19(26)30)12-31-34-22(35)13-42-20-8-7-17(11-21(20)39-4)25-24(27(37)41-6-2)15(3)32-28(38)33-25/h7-12,25H,5-6,13-14H2,1-4H3,(H,34,35)(H2,32,33,38)/b31-12-/t25-/m0/s1. The lowest BCUT2D eigenvalue weighted by atomic mass is 9.95. The van der Waals surface area contributed by atoms with Crippen molar-refractivity contribution < 1.29 is 42.9 Å². The zero-order valence-corrected chi connectivity index (χ0v) is 27.5. The van der Waals surface area contributed by atoms with Crippen molar-refractivity contribution in [2.24, 2.45) is 5.10 Å². The first-order chi connectivity index (χ1) is 20.6. The Morgan fingerprint density at radius 3 is 2.49 bits per heavy atom. The molecule has 15 heteroatoms. The SMILES string of the molecule is CCOC(=O)COc1c(Br)cc(/C=N\NC(=O)COc2ccc([C@@H]3NC(=O)NC(C)=C3C(=O)OCC)cc2OC)cc1I. The molecule has 3 rings (SSSR count). The molecule has 230 valence electrons. The van der Waals surface area contributed by atoms with Gasteiger partial charge in [-0.05, 0) is 94.7 Å². The Morgan fingerprint density at radius 1 is 1.07 bits per heavy atom. The molecule has 0 bridgehead atoms. The summed E-state index contributed by atoms with van der Waals surface area (Å²) in [5.74, 6) is -0.532. The van der Waals surface area contributed by atoms with E-state index in [0.29, 0.717) is 30.6 Å². The van der Waals surface area contributed by atoms with Gasteiger partial charge in [0.2, 0.25) is 0 Å². The molecule has 13 nitrogen and oxygen atoms in total. The fourth-order valence-electron chi connectivity index (χ4n) is 3.89. The third kappa shape index (κ3) is 9.31. The van der Waals surface area contributed by atoms with Crippen molar-refractivity contribution in [3.63, 3.8) is 0 Å². The lowest BCUT2D eigenvalue weighted by Gasteiger charge is -2.28. The van der Waals surface area contributed by atoms with Crippen LogP contribution in [0.5, 0.6) is 17.2 Å². The highest BCUT2D eigenvalue weighted by molar-refractivity contribution is 14.1. The van der Waals surface area contributed by atoms with Crippen molar-refractivity contribution in [1.82, 2.24) is 16.1 Å². The van der Waals surface area contributed by atoms with Gasteiger partial charge in [-0.1, -0.05) is 6.07 Å². The van der Waals surface area contributed by atoms with E-state index in [1.54, 1.807) is 51.1 Å². The molecule has 2 aromatic rings. The number of hydrogen-bond acceptors (Lipinski definition) is 10. The molecule has 0 unspecified atom stereocenters.